The second kappa shape index (κ2) is 4.86. The minimum absolute atomic E-state index is 0.421. The van der Waals surface area contributed by atoms with Gasteiger partial charge in [-0.2, -0.15) is 12.6 Å². The Labute approximate surface area is 92.3 Å². The van der Waals surface area contributed by atoms with Crippen molar-refractivity contribution in [3.05, 3.63) is 0 Å². The summed E-state index contributed by atoms with van der Waals surface area (Å²) in [5, 5.41) is 0.421. The third-order valence-corrected chi connectivity index (χ3v) is 4.23. The van der Waals surface area contributed by atoms with E-state index in [2.05, 4.69) is 19.6 Å². The summed E-state index contributed by atoms with van der Waals surface area (Å²) in [5.41, 5.74) is 0. The molecule has 0 N–H and O–H groups in total. The van der Waals surface area contributed by atoms with Gasteiger partial charge in [0.2, 0.25) is 10.0 Å². The first-order valence-electron chi connectivity index (χ1n) is 5.03. The smallest absolute Gasteiger partial charge is 0.211 e. The van der Waals surface area contributed by atoms with Crippen LogP contribution in [0, 0.1) is 5.92 Å². The predicted molar refractivity (Wildman–Crippen MR) is 62.2 cm³/mol. The number of thiol groups is 1. The fraction of sp³-hybridized carbons (Fsp3) is 1.00. The molecule has 1 rings (SSSR count). The molecule has 0 radical (unpaired) electrons. The molecule has 1 unspecified atom stereocenters. The summed E-state index contributed by atoms with van der Waals surface area (Å²) in [6, 6.07) is 0. The number of hydrogen-bond donors (Lipinski definition) is 1. The third-order valence-electron chi connectivity index (χ3n) is 2.72. The molecule has 0 aliphatic carbocycles. The van der Waals surface area contributed by atoms with E-state index in [4.69, 9.17) is 0 Å². The Bertz CT molecular complexity index is 267. The zero-order valence-corrected chi connectivity index (χ0v) is 10.5. The van der Waals surface area contributed by atoms with E-state index in [-0.39, 0.29) is 0 Å². The average molecular weight is 237 g/mol. The van der Waals surface area contributed by atoms with Crippen LogP contribution in [0.25, 0.3) is 0 Å². The van der Waals surface area contributed by atoms with Gasteiger partial charge in [0.25, 0.3) is 0 Å². The van der Waals surface area contributed by atoms with Crippen LogP contribution in [0.4, 0.5) is 0 Å². The summed E-state index contributed by atoms with van der Waals surface area (Å²) in [4.78, 5) is 0. The number of nitrogens with zero attached hydrogens (tertiary/aromatic N) is 1. The molecule has 84 valence electrons. The van der Waals surface area contributed by atoms with Gasteiger partial charge >= 0.3 is 0 Å². The molecule has 0 aromatic carbocycles. The van der Waals surface area contributed by atoms with Gasteiger partial charge in [0.1, 0.15) is 0 Å². The second-order valence-corrected chi connectivity index (χ2v) is 7.05. The molecule has 0 bridgehead atoms. The van der Waals surface area contributed by atoms with Crippen molar-refractivity contribution in [3.63, 3.8) is 0 Å². The summed E-state index contributed by atoms with van der Waals surface area (Å²) in [6.07, 6.45) is 4.35. The van der Waals surface area contributed by atoms with Crippen molar-refractivity contribution in [2.24, 2.45) is 5.92 Å². The number of rotatable bonds is 3. The fourth-order valence-electron chi connectivity index (χ4n) is 1.96. The fourth-order valence-corrected chi connectivity index (χ4v) is 3.13. The van der Waals surface area contributed by atoms with Crippen LogP contribution in [-0.2, 0) is 10.0 Å². The molecule has 0 aromatic rings. The molecule has 1 aliphatic rings. The highest BCUT2D eigenvalue weighted by molar-refractivity contribution is 7.88. The van der Waals surface area contributed by atoms with Gasteiger partial charge < -0.3 is 0 Å². The highest BCUT2D eigenvalue weighted by Crippen LogP contribution is 2.24. The summed E-state index contributed by atoms with van der Waals surface area (Å²) in [7, 11) is -2.96. The first kappa shape index (κ1) is 12.3. The highest BCUT2D eigenvalue weighted by Gasteiger charge is 2.24. The van der Waals surface area contributed by atoms with Gasteiger partial charge in [-0.15, -0.1) is 0 Å². The maximum absolute atomic E-state index is 11.2. The molecule has 0 amide bonds. The Morgan fingerprint density at radius 3 is 2.29 bits per heavy atom. The van der Waals surface area contributed by atoms with Crippen molar-refractivity contribution < 1.29 is 8.42 Å². The Hall–Kier alpha value is 0.260. The molecule has 1 atom stereocenters. The minimum atomic E-state index is -2.96. The predicted octanol–water partition coefficient (Wildman–Crippen LogP) is 1.37. The van der Waals surface area contributed by atoms with E-state index >= 15 is 0 Å². The maximum Gasteiger partial charge on any atom is 0.211 e. The number of hydrogen-bond acceptors (Lipinski definition) is 3. The summed E-state index contributed by atoms with van der Waals surface area (Å²) in [6.45, 7) is 3.46. The topological polar surface area (TPSA) is 37.4 Å². The summed E-state index contributed by atoms with van der Waals surface area (Å²) >= 11 is 4.36. The first-order chi connectivity index (χ1) is 6.39. The molecule has 1 saturated heterocycles. The van der Waals surface area contributed by atoms with Crippen molar-refractivity contribution in [1.82, 2.24) is 4.31 Å². The lowest BCUT2D eigenvalue weighted by molar-refractivity contribution is 0.265. The lowest BCUT2D eigenvalue weighted by atomic mass is 9.93. The summed E-state index contributed by atoms with van der Waals surface area (Å²) in [5.74, 6) is 0.653. The molecule has 5 heteroatoms. The van der Waals surface area contributed by atoms with Crippen molar-refractivity contribution in [3.8, 4) is 0 Å². The van der Waals surface area contributed by atoms with Gasteiger partial charge in [-0.3, -0.25) is 0 Å². The number of sulfonamides is 1. The van der Waals surface area contributed by atoms with E-state index in [0.29, 0.717) is 24.3 Å². The van der Waals surface area contributed by atoms with E-state index in [0.717, 1.165) is 19.3 Å². The van der Waals surface area contributed by atoms with Crippen LogP contribution < -0.4 is 0 Å². The summed E-state index contributed by atoms with van der Waals surface area (Å²) < 4.78 is 24.0. The first-order valence-corrected chi connectivity index (χ1v) is 7.39. The quantitative estimate of drug-likeness (QED) is 0.753. The molecule has 1 fully saturated rings. The van der Waals surface area contributed by atoms with E-state index in [1.807, 2.05) is 0 Å². The molecule has 0 spiro atoms. The van der Waals surface area contributed by atoms with Gasteiger partial charge in [0.15, 0.2) is 0 Å². The van der Waals surface area contributed by atoms with Crippen LogP contribution in [-0.4, -0.2) is 37.3 Å². The normalized spacial score (nSPS) is 23.6. The molecule has 1 heterocycles. The Balaban J connectivity index is 2.39. The van der Waals surface area contributed by atoms with Crippen LogP contribution >= 0.6 is 12.6 Å². The van der Waals surface area contributed by atoms with E-state index in [9.17, 15) is 8.42 Å². The zero-order valence-electron chi connectivity index (χ0n) is 8.81. The molecule has 0 saturated carbocycles. The molecule has 1 aliphatic heterocycles. The average Bonchev–Trinajstić information content (AvgIpc) is 2.02. The van der Waals surface area contributed by atoms with Gasteiger partial charge in [-0.05, 0) is 30.4 Å². The van der Waals surface area contributed by atoms with Crippen molar-refractivity contribution in [1.29, 1.82) is 0 Å². The van der Waals surface area contributed by atoms with Crippen molar-refractivity contribution in [2.45, 2.75) is 31.4 Å². The molecular formula is C9H19NO2S2. The van der Waals surface area contributed by atoms with E-state index < -0.39 is 10.0 Å². The molecular weight excluding hydrogens is 218 g/mol. The third kappa shape index (κ3) is 3.79. The van der Waals surface area contributed by atoms with Crippen LogP contribution in [0.15, 0.2) is 0 Å². The molecule has 3 nitrogen and oxygen atoms in total. The Morgan fingerprint density at radius 2 is 1.93 bits per heavy atom. The van der Waals surface area contributed by atoms with Gasteiger partial charge in [0.05, 0.1) is 6.26 Å². The zero-order chi connectivity index (χ0) is 10.8. The molecule has 0 aromatic heterocycles. The van der Waals surface area contributed by atoms with Crippen LogP contribution in [0.2, 0.25) is 0 Å². The largest absolute Gasteiger partial charge is 0.213 e. The standard InChI is InChI=1S/C9H19NO2S2/c1-8(13)7-9-3-5-10(6-4-9)14(2,11)12/h8-9,13H,3-7H2,1-2H3. The van der Waals surface area contributed by atoms with Crippen molar-refractivity contribution in [2.75, 3.05) is 19.3 Å². The Morgan fingerprint density at radius 1 is 1.43 bits per heavy atom. The van der Waals surface area contributed by atoms with E-state index in [1.54, 1.807) is 4.31 Å². The van der Waals surface area contributed by atoms with Gasteiger partial charge in [-0.1, -0.05) is 6.92 Å². The van der Waals surface area contributed by atoms with Gasteiger partial charge in [-0.25, -0.2) is 12.7 Å². The highest BCUT2D eigenvalue weighted by atomic mass is 32.2. The number of piperidine rings is 1. The maximum atomic E-state index is 11.2. The van der Waals surface area contributed by atoms with E-state index in [1.165, 1.54) is 6.26 Å². The lowest BCUT2D eigenvalue weighted by Gasteiger charge is -2.30. The van der Waals surface area contributed by atoms with Crippen LogP contribution in [0.1, 0.15) is 26.2 Å². The SMILES string of the molecule is CC(S)CC1CCN(S(C)(=O)=O)CC1. The Kier molecular flexibility index (Phi) is 4.28. The van der Waals surface area contributed by atoms with Gasteiger partial charge in [0, 0.05) is 13.1 Å². The minimum Gasteiger partial charge on any atom is -0.213 e. The van der Waals surface area contributed by atoms with Crippen LogP contribution in [0.3, 0.4) is 0 Å². The monoisotopic (exact) mass is 237 g/mol. The van der Waals surface area contributed by atoms with Crippen LogP contribution in [0.5, 0.6) is 0 Å². The van der Waals surface area contributed by atoms with Crippen molar-refractivity contribution >= 4 is 22.7 Å². The molecule has 14 heavy (non-hydrogen) atoms. The second-order valence-electron chi connectivity index (χ2n) is 4.19. The lowest BCUT2D eigenvalue weighted by Crippen LogP contribution is -2.38.